The summed E-state index contributed by atoms with van der Waals surface area (Å²) in [6.07, 6.45) is 37.3. The minimum atomic E-state index is -0.955. The molecule has 0 aliphatic heterocycles. The third-order valence-electron chi connectivity index (χ3n) is 9.02. The molecular formula is C40H78O5. The molecule has 0 bridgehead atoms. The molecule has 0 saturated carbocycles. The lowest BCUT2D eigenvalue weighted by atomic mass is 10.0. The van der Waals surface area contributed by atoms with E-state index in [0.29, 0.717) is 12.8 Å². The van der Waals surface area contributed by atoms with Crippen LogP contribution in [0.1, 0.15) is 220 Å². The molecule has 0 fully saturated rings. The van der Waals surface area contributed by atoms with E-state index in [9.17, 15) is 14.7 Å². The minimum absolute atomic E-state index is 0.108. The molecular weight excluding hydrogens is 560 g/mol. The lowest BCUT2D eigenvalue weighted by Gasteiger charge is -2.12. The number of carbonyl (C=O) groups excluding carboxylic acids is 2. The second kappa shape index (κ2) is 35.7. The van der Waals surface area contributed by atoms with Gasteiger partial charge in [-0.05, 0) is 18.8 Å². The molecule has 0 aliphatic rings. The summed E-state index contributed by atoms with van der Waals surface area (Å²) in [6.45, 7) is 6.66. The number of unbranched alkanes of at least 4 members (excludes halogenated alkanes) is 26. The van der Waals surface area contributed by atoms with Crippen molar-refractivity contribution in [3.8, 4) is 0 Å². The Kier molecular flexibility index (Phi) is 34.9. The van der Waals surface area contributed by atoms with E-state index in [1.54, 1.807) is 0 Å². The summed E-state index contributed by atoms with van der Waals surface area (Å²) in [7, 11) is 0. The van der Waals surface area contributed by atoms with Crippen LogP contribution in [0.3, 0.4) is 0 Å². The van der Waals surface area contributed by atoms with E-state index < -0.39 is 6.10 Å². The predicted octanol–water partition coefficient (Wildman–Crippen LogP) is 12.2. The molecule has 0 aromatic heterocycles. The second-order valence-electron chi connectivity index (χ2n) is 14.2. The highest BCUT2D eigenvalue weighted by atomic mass is 16.6. The van der Waals surface area contributed by atoms with Crippen molar-refractivity contribution in [2.75, 3.05) is 13.2 Å². The number of hydrogen-bond donors (Lipinski definition) is 1. The Balaban J connectivity index is 3.37. The topological polar surface area (TPSA) is 72.8 Å². The molecule has 0 saturated heterocycles. The van der Waals surface area contributed by atoms with Crippen LogP contribution >= 0.6 is 0 Å². The zero-order valence-corrected chi connectivity index (χ0v) is 30.6. The van der Waals surface area contributed by atoms with Gasteiger partial charge in [0.05, 0.1) is 0 Å². The fourth-order valence-corrected chi connectivity index (χ4v) is 5.98. The standard InChI is InChI=1S/C40H78O5/c1-4-5-6-7-8-9-10-11-12-13-14-15-16-17-21-24-27-30-33-39(42)44-35-38(41)36-45-40(43)34-31-28-25-22-19-18-20-23-26-29-32-37(2)3/h37-38,41H,4-36H2,1-3H3/t38-/m0/s1. The molecule has 1 N–H and O–H groups in total. The van der Waals surface area contributed by atoms with E-state index in [2.05, 4.69) is 20.8 Å². The molecule has 0 spiro atoms. The van der Waals surface area contributed by atoms with E-state index in [4.69, 9.17) is 9.47 Å². The third kappa shape index (κ3) is 37.2. The smallest absolute Gasteiger partial charge is 0.305 e. The minimum Gasteiger partial charge on any atom is -0.463 e. The van der Waals surface area contributed by atoms with Gasteiger partial charge in [-0.15, -0.1) is 0 Å². The van der Waals surface area contributed by atoms with Crippen LogP contribution in [0.4, 0.5) is 0 Å². The average Bonchev–Trinajstić information content (AvgIpc) is 3.02. The highest BCUT2D eigenvalue weighted by Gasteiger charge is 2.12. The maximum absolute atomic E-state index is 12.0. The number of hydrogen-bond acceptors (Lipinski definition) is 5. The first-order valence-corrected chi connectivity index (χ1v) is 19.9. The van der Waals surface area contributed by atoms with Gasteiger partial charge in [-0.1, -0.05) is 194 Å². The number of carbonyl (C=O) groups is 2. The van der Waals surface area contributed by atoms with Crippen LogP contribution in [0, 0.1) is 5.92 Å². The molecule has 1 atom stereocenters. The molecule has 0 unspecified atom stereocenters. The van der Waals surface area contributed by atoms with Gasteiger partial charge in [-0.3, -0.25) is 9.59 Å². The molecule has 0 rings (SSSR count). The van der Waals surface area contributed by atoms with Gasteiger partial charge in [0.2, 0.25) is 0 Å². The number of aliphatic hydroxyl groups is 1. The highest BCUT2D eigenvalue weighted by Crippen LogP contribution is 2.16. The first-order chi connectivity index (χ1) is 22.0. The Bertz CT molecular complexity index is 620. The van der Waals surface area contributed by atoms with Gasteiger partial charge in [0.25, 0.3) is 0 Å². The van der Waals surface area contributed by atoms with Crippen molar-refractivity contribution in [2.45, 2.75) is 226 Å². The summed E-state index contributed by atoms with van der Waals surface area (Å²) in [5.41, 5.74) is 0. The van der Waals surface area contributed by atoms with Crippen LogP contribution in [0.25, 0.3) is 0 Å². The largest absolute Gasteiger partial charge is 0.463 e. The predicted molar refractivity (Wildman–Crippen MR) is 192 cm³/mol. The van der Waals surface area contributed by atoms with Crippen molar-refractivity contribution >= 4 is 11.9 Å². The van der Waals surface area contributed by atoms with Crippen molar-refractivity contribution in [3.05, 3.63) is 0 Å². The van der Waals surface area contributed by atoms with Crippen LogP contribution in [0.15, 0.2) is 0 Å². The zero-order valence-electron chi connectivity index (χ0n) is 30.6. The van der Waals surface area contributed by atoms with E-state index in [0.717, 1.165) is 31.6 Å². The summed E-state index contributed by atoms with van der Waals surface area (Å²) < 4.78 is 10.3. The number of esters is 2. The van der Waals surface area contributed by atoms with Crippen LogP contribution in [-0.2, 0) is 19.1 Å². The van der Waals surface area contributed by atoms with Gasteiger partial charge in [-0.2, -0.15) is 0 Å². The summed E-state index contributed by atoms with van der Waals surface area (Å²) in [6, 6.07) is 0. The maximum Gasteiger partial charge on any atom is 0.305 e. The van der Waals surface area contributed by atoms with Crippen molar-refractivity contribution < 1.29 is 24.2 Å². The number of rotatable bonds is 36. The average molecular weight is 639 g/mol. The molecule has 0 radical (unpaired) electrons. The highest BCUT2D eigenvalue weighted by molar-refractivity contribution is 5.69. The lowest BCUT2D eigenvalue weighted by Crippen LogP contribution is -2.25. The van der Waals surface area contributed by atoms with Crippen LogP contribution in [0.2, 0.25) is 0 Å². The van der Waals surface area contributed by atoms with Gasteiger partial charge < -0.3 is 14.6 Å². The molecule has 5 nitrogen and oxygen atoms in total. The Hall–Kier alpha value is -1.10. The number of ether oxygens (including phenoxy) is 2. The molecule has 0 aliphatic carbocycles. The Morgan fingerprint density at radius 1 is 0.444 bits per heavy atom. The normalized spacial score (nSPS) is 12.1. The molecule has 45 heavy (non-hydrogen) atoms. The lowest BCUT2D eigenvalue weighted by molar-refractivity contribution is -0.152. The van der Waals surface area contributed by atoms with Crippen molar-refractivity contribution in [2.24, 2.45) is 5.92 Å². The van der Waals surface area contributed by atoms with Gasteiger partial charge >= 0.3 is 11.9 Å². The first-order valence-electron chi connectivity index (χ1n) is 19.9. The van der Waals surface area contributed by atoms with E-state index in [1.165, 1.54) is 161 Å². The Morgan fingerprint density at radius 2 is 0.711 bits per heavy atom. The summed E-state index contributed by atoms with van der Waals surface area (Å²) >= 11 is 0. The van der Waals surface area contributed by atoms with E-state index in [-0.39, 0.29) is 25.2 Å². The Morgan fingerprint density at radius 3 is 1.00 bits per heavy atom. The van der Waals surface area contributed by atoms with Crippen LogP contribution in [-0.4, -0.2) is 36.4 Å². The molecule has 0 heterocycles. The monoisotopic (exact) mass is 639 g/mol. The zero-order chi connectivity index (χ0) is 33.1. The van der Waals surface area contributed by atoms with Crippen molar-refractivity contribution in [1.29, 1.82) is 0 Å². The van der Waals surface area contributed by atoms with Gasteiger partial charge in [0.15, 0.2) is 0 Å². The van der Waals surface area contributed by atoms with Crippen molar-refractivity contribution in [3.63, 3.8) is 0 Å². The van der Waals surface area contributed by atoms with E-state index >= 15 is 0 Å². The third-order valence-corrected chi connectivity index (χ3v) is 9.02. The molecule has 0 aromatic rings. The fourth-order valence-electron chi connectivity index (χ4n) is 5.98. The number of aliphatic hydroxyl groups excluding tert-OH is 1. The summed E-state index contributed by atoms with van der Waals surface area (Å²) in [4.78, 5) is 23.9. The quantitative estimate of drug-likeness (QED) is 0.0546. The van der Waals surface area contributed by atoms with Crippen molar-refractivity contribution in [1.82, 2.24) is 0 Å². The molecule has 5 heteroatoms. The van der Waals surface area contributed by atoms with Gasteiger partial charge in [0, 0.05) is 12.8 Å². The van der Waals surface area contributed by atoms with Gasteiger partial charge in [0.1, 0.15) is 19.3 Å². The molecule has 268 valence electrons. The van der Waals surface area contributed by atoms with Crippen LogP contribution in [0.5, 0.6) is 0 Å². The fraction of sp³-hybridized carbons (Fsp3) is 0.950. The summed E-state index contributed by atoms with van der Waals surface area (Å²) in [5.74, 6) is 0.277. The first kappa shape index (κ1) is 43.9. The second-order valence-corrected chi connectivity index (χ2v) is 14.2. The Labute approximate surface area is 280 Å². The molecule has 0 aromatic carbocycles. The molecule has 0 amide bonds. The SMILES string of the molecule is CCCCCCCCCCCCCCCCCCCCC(=O)OC[C@H](O)COC(=O)CCCCCCCCCCCCC(C)C. The van der Waals surface area contributed by atoms with Gasteiger partial charge in [-0.25, -0.2) is 0 Å². The van der Waals surface area contributed by atoms with E-state index in [1.807, 2.05) is 0 Å². The van der Waals surface area contributed by atoms with Crippen LogP contribution < -0.4 is 0 Å². The summed E-state index contributed by atoms with van der Waals surface area (Å²) in [5, 5.41) is 10.0. The maximum atomic E-state index is 12.0.